The molecule has 0 N–H and O–H groups in total. The van der Waals surface area contributed by atoms with E-state index in [-0.39, 0.29) is 37.5 Å². The zero-order valence-electron chi connectivity index (χ0n) is 41.3. The summed E-state index contributed by atoms with van der Waals surface area (Å²) in [5.41, 5.74) is 0. The molecule has 0 aliphatic carbocycles. The first-order valence-electron chi connectivity index (χ1n) is 25.9. The lowest BCUT2D eigenvalue weighted by atomic mass is 10.1. The van der Waals surface area contributed by atoms with Crippen LogP contribution in [0, 0.1) is 0 Å². The molecule has 0 fully saturated rings. The lowest BCUT2D eigenvalue weighted by Crippen LogP contribution is -2.30. The predicted octanol–water partition coefficient (Wildman–Crippen LogP) is 17.1. The highest BCUT2D eigenvalue weighted by atomic mass is 16.6. The lowest BCUT2D eigenvalue weighted by Gasteiger charge is -2.18. The Bertz CT molecular complexity index is 1340. The molecule has 362 valence electrons. The number of hydrogen-bond donors (Lipinski definition) is 0. The molecule has 0 aromatic heterocycles. The molecule has 6 nitrogen and oxygen atoms in total. The van der Waals surface area contributed by atoms with Gasteiger partial charge in [0.1, 0.15) is 13.2 Å². The Kier molecular flexibility index (Phi) is 48.5. The second-order valence-corrected chi connectivity index (χ2v) is 16.7. The Labute approximate surface area is 393 Å². The smallest absolute Gasteiger partial charge is 0.306 e. The lowest BCUT2D eigenvalue weighted by molar-refractivity contribution is -0.167. The fraction of sp³-hybridized carbons (Fsp3) is 0.638. The van der Waals surface area contributed by atoms with E-state index in [1.807, 2.05) is 0 Å². The van der Waals surface area contributed by atoms with Crippen LogP contribution in [0.4, 0.5) is 0 Å². The van der Waals surface area contributed by atoms with Crippen molar-refractivity contribution in [1.82, 2.24) is 0 Å². The van der Waals surface area contributed by atoms with E-state index >= 15 is 0 Å². The first-order chi connectivity index (χ1) is 31.5. The fourth-order valence-corrected chi connectivity index (χ4v) is 6.65. The van der Waals surface area contributed by atoms with Gasteiger partial charge in [0.15, 0.2) is 6.10 Å². The van der Waals surface area contributed by atoms with Crippen molar-refractivity contribution in [3.8, 4) is 0 Å². The highest BCUT2D eigenvalue weighted by molar-refractivity contribution is 5.71. The SMILES string of the molecule is CC/C=C\C/C=C\C/C=C\C/C=C\C/C=C\CCCCCC(=O)OCC(COC(=O)CCCCC/C=C\CCCCCCCC)OC(=O)CCCCCC/C=C\C/C=C\C/C=C\CC. The number of ether oxygens (including phenoxy) is 3. The second kappa shape index (κ2) is 51.7. The number of hydrogen-bond acceptors (Lipinski definition) is 6. The molecule has 0 amide bonds. The number of carbonyl (C=O) groups is 3. The quantitative estimate of drug-likeness (QED) is 0.0262. The van der Waals surface area contributed by atoms with Crippen LogP contribution in [0.1, 0.15) is 220 Å². The molecule has 1 atom stereocenters. The summed E-state index contributed by atoms with van der Waals surface area (Å²) in [7, 11) is 0. The van der Waals surface area contributed by atoms with Crippen LogP contribution in [-0.4, -0.2) is 37.2 Å². The van der Waals surface area contributed by atoms with E-state index in [0.717, 1.165) is 141 Å². The molecule has 0 spiro atoms. The van der Waals surface area contributed by atoms with Gasteiger partial charge in [-0.2, -0.15) is 0 Å². The molecule has 0 rings (SSSR count). The van der Waals surface area contributed by atoms with Gasteiger partial charge in [-0.1, -0.05) is 188 Å². The van der Waals surface area contributed by atoms with E-state index in [4.69, 9.17) is 14.2 Å². The zero-order valence-corrected chi connectivity index (χ0v) is 41.3. The van der Waals surface area contributed by atoms with Crippen molar-refractivity contribution in [1.29, 1.82) is 0 Å². The molecule has 0 aliphatic rings. The van der Waals surface area contributed by atoms with Crippen molar-refractivity contribution < 1.29 is 28.6 Å². The van der Waals surface area contributed by atoms with E-state index in [2.05, 4.69) is 130 Å². The van der Waals surface area contributed by atoms with Gasteiger partial charge in [-0.3, -0.25) is 14.4 Å². The maximum atomic E-state index is 12.8. The van der Waals surface area contributed by atoms with Crippen LogP contribution < -0.4 is 0 Å². The monoisotopic (exact) mass is 887 g/mol. The zero-order chi connectivity index (χ0) is 46.5. The third kappa shape index (κ3) is 49.1. The maximum Gasteiger partial charge on any atom is 0.306 e. The van der Waals surface area contributed by atoms with Gasteiger partial charge in [0.05, 0.1) is 0 Å². The molecule has 0 aromatic rings. The summed E-state index contributed by atoms with van der Waals surface area (Å²) in [4.78, 5) is 38.0. The molecule has 0 aliphatic heterocycles. The Morgan fingerprint density at radius 1 is 0.328 bits per heavy atom. The van der Waals surface area contributed by atoms with Gasteiger partial charge < -0.3 is 14.2 Å². The van der Waals surface area contributed by atoms with Crippen LogP contribution in [0.2, 0.25) is 0 Å². The van der Waals surface area contributed by atoms with Gasteiger partial charge >= 0.3 is 17.9 Å². The fourth-order valence-electron chi connectivity index (χ4n) is 6.65. The van der Waals surface area contributed by atoms with Gasteiger partial charge in [0.25, 0.3) is 0 Å². The maximum absolute atomic E-state index is 12.8. The van der Waals surface area contributed by atoms with E-state index < -0.39 is 6.10 Å². The van der Waals surface area contributed by atoms with Gasteiger partial charge in [-0.15, -0.1) is 0 Å². The number of allylic oxidation sites excluding steroid dienone is 18. The summed E-state index contributed by atoms with van der Waals surface area (Å²) in [6.07, 6.45) is 69.3. The number of rotatable bonds is 45. The van der Waals surface area contributed by atoms with Crippen molar-refractivity contribution in [3.63, 3.8) is 0 Å². The number of esters is 3. The Balaban J connectivity index is 4.50. The second-order valence-electron chi connectivity index (χ2n) is 16.7. The van der Waals surface area contributed by atoms with Crippen molar-refractivity contribution in [2.45, 2.75) is 226 Å². The standard InChI is InChI=1S/C58H94O6/c1-4-7-10-13-16-19-22-25-27-28-29-30-31-34-36-39-42-45-48-51-57(60)63-54-55(53-62-56(59)50-47-44-41-38-35-32-24-21-18-15-12-9-6-3)64-58(61)52-49-46-43-40-37-33-26-23-20-17-14-11-8-5-2/h7-8,10-11,16-17,19-20,25-27,29-30,32-36,55H,4-6,9,12-15,18,21-24,28,31,37-54H2,1-3H3/b10-7-,11-8-,19-16-,20-17-,27-25-,30-29-,33-26-,35-32-,36-34-. The van der Waals surface area contributed by atoms with Crippen molar-refractivity contribution >= 4 is 17.9 Å². The summed E-state index contributed by atoms with van der Waals surface area (Å²) < 4.78 is 16.7. The molecule has 1 unspecified atom stereocenters. The first-order valence-corrected chi connectivity index (χ1v) is 25.9. The van der Waals surface area contributed by atoms with Crippen LogP contribution in [-0.2, 0) is 28.6 Å². The van der Waals surface area contributed by atoms with Crippen LogP contribution in [0.25, 0.3) is 0 Å². The van der Waals surface area contributed by atoms with Crippen molar-refractivity contribution in [2.24, 2.45) is 0 Å². The third-order valence-electron chi connectivity index (χ3n) is 10.5. The van der Waals surface area contributed by atoms with E-state index in [1.54, 1.807) is 0 Å². The summed E-state index contributed by atoms with van der Waals surface area (Å²) in [5, 5.41) is 0. The summed E-state index contributed by atoms with van der Waals surface area (Å²) in [5.74, 6) is -0.984. The Morgan fingerprint density at radius 2 is 0.609 bits per heavy atom. The molecular weight excluding hydrogens is 793 g/mol. The van der Waals surface area contributed by atoms with E-state index in [0.29, 0.717) is 12.8 Å². The minimum absolute atomic E-state index is 0.108. The summed E-state index contributed by atoms with van der Waals surface area (Å²) in [6, 6.07) is 0. The number of carbonyl (C=O) groups excluding carboxylic acids is 3. The molecule has 0 saturated carbocycles. The number of unbranched alkanes of at least 4 members (excludes halogenated alkanes) is 16. The molecule has 6 heteroatoms. The molecular formula is C58H94O6. The molecule has 0 aromatic carbocycles. The Morgan fingerprint density at radius 3 is 0.984 bits per heavy atom. The average Bonchev–Trinajstić information content (AvgIpc) is 3.29. The van der Waals surface area contributed by atoms with Crippen molar-refractivity contribution in [3.05, 3.63) is 109 Å². The summed E-state index contributed by atoms with van der Waals surface area (Å²) in [6.45, 7) is 6.33. The van der Waals surface area contributed by atoms with Gasteiger partial charge in [0, 0.05) is 19.3 Å². The van der Waals surface area contributed by atoms with E-state index in [9.17, 15) is 14.4 Å². The summed E-state index contributed by atoms with van der Waals surface area (Å²) >= 11 is 0. The molecule has 64 heavy (non-hydrogen) atoms. The average molecular weight is 887 g/mol. The topological polar surface area (TPSA) is 78.9 Å². The highest BCUT2D eigenvalue weighted by Crippen LogP contribution is 2.12. The molecule has 0 radical (unpaired) electrons. The van der Waals surface area contributed by atoms with Crippen LogP contribution in [0.5, 0.6) is 0 Å². The van der Waals surface area contributed by atoms with Gasteiger partial charge in [0.2, 0.25) is 0 Å². The van der Waals surface area contributed by atoms with Crippen LogP contribution in [0.3, 0.4) is 0 Å². The van der Waals surface area contributed by atoms with Gasteiger partial charge in [-0.05, 0) is 122 Å². The Hall–Kier alpha value is -3.93. The van der Waals surface area contributed by atoms with E-state index in [1.165, 1.54) is 38.5 Å². The minimum Gasteiger partial charge on any atom is -0.462 e. The minimum atomic E-state index is -0.811. The van der Waals surface area contributed by atoms with Crippen LogP contribution in [0.15, 0.2) is 109 Å². The normalized spacial score (nSPS) is 13.0. The van der Waals surface area contributed by atoms with Crippen LogP contribution >= 0.6 is 0 Å². The predicted molar refractivity (Wildman–Crippen MR) is 274 cm³/mol. The molecule has 0 saturated heterocycles. The molecule has 0 heterocycles. The highest BCUT2D eigenvalue weighted by Gasteiger charge is 2.19. The third-order valence-corrected chi connectivity index (χ3v) is 10.5. The van der Waals surface area contributed by atoms with Crippen molar-refractivity contribution in [2.75, 3.05) is 13.2 Å². The molecule has 0 bridgehead atoms. The van der Waals surface area contributed by atoms with Gasteiger partial charge in [-0.25, -0.2) is 0 Å². The first kappa shape index (κ1) is 60.1. The largest absolute Gasteiger partial charge is 0.462 e.